The van der Waals surface area contributed by atoms with Crippen LogP contribution in [0, 0.1) is 0 Å². The minimum atomic E-state index is -0.255. The summed E-state index contributed by atoms with van der Waals surface area (Å²) >= 11 is 0. The van der Waals surface area contributed by atoms with Crippen molar-refractivity contribution < 1.29 is 13.9 Å². The average molecular weight is 371 g/mol. The van der Waals surface area contributed by atoms with Gasteiger partial charge in [0.1, 0.15) is 11.9 Å². The normalized spacial score (nSPS) is 20.5. The highest BCUT2D eigenvalue weighted by molar-refractivity contribution is 5.81. The number of anilines is 1. The molecule has 144 valence electrons. The van der Waals surface area contributed by atoms with Crippen LogP contribution in [0.4, 0.5) is 5.82 Å². The Bertz CT molecular complexity index is 792. The Morgan fingerprint density at radius 1 is 1.22 bits per heavy atom. The molecule has 0 bridgehead atoms. The van der Waals surface area contributed by atoms with Crippen LogP contribution in [-0.2, 0) is 9.53 Å². The van der Waals surface area contributed by atoms with Crippen LogP contribution >= 0.6 is 0 Å². The fourth-order valence-corrected chi connectivity index (χ4v) is 3.51. The first-order valence-corrected chi connectivity index (χ1v) is 9.57. The van der Waals surface area contributed by atoms with Crippen molar-refractivity contribution >= 4 is 11.7 Å². The Morgan fingerprint density at radius 2 is 2.04 bits per heavy atom. The SMILES string of the molecule is CC(C)c1nnc(-c2cccnc2N2CCN(C(=O)C3CCCO3)CC2)o1. The van der Waals surface area contributed by atoms with Crippen LogP contribution in [0.5, 0.6) is 0 Å². The number of ether oxygens (including phenoxy) is 1. The molecule has 2 saturated heterocycles. The molecule has 2 aromatic heterocycles. The second-order valence-corrected chi connectivity index (χ2v) is 7.29. The summed E-state index contributed by atoms with van der Waals surface area (Å²) in [4.78, 5) is 21.2. The first-order chi connectivity index (χ1) is 13.1. The molecule has 2 aliphatic rings. The molecule has 2 aromatic rings. The van der Waals surface area contributed by atoms with Crippen LogP contribution < -0.4 is 4.90 Å². The molecule has 2 fully saturated rings. The maximum absolute atomic E-state index is 12.5. The van der Waals surface area contributed by atoms with E-state index >= 15 is 0 Å². The van der Waals surface area contributed by atoms with Gasteiger partial charge in [-0.25, -0.2) is 4.98 Å². The van der Waals surface area contributed by atoms with Crippen molar-refractivity contribution in [1.29, 1.82) is 0 Å². The smallest absolute Gasteiger partial charge is 0.251 e. The van der Waals surface area contributed by atoms with Gasteiger partial charge < -0.3 is 19.0 Å². The Labute approximate surface area is 158 Å². The standard InChI is InChI=1S/C19H25N5O3/c1-13(2)17-21-22-18(27-17)14-5-3-7-20-16(14)23-8-10-24(11-9-23)19(25)15-6-4-12-26-15/h3,5,7,13,15H,4,6,8-12H2,1-2H3. The summed E-state index contributed by atoms with van der Waals surface area (Å²) in [6.07, 6.45) is 3.31. The molecule has 0 aromatic carbocycles. The molecule has 1 atom stereocenters. The van der Waals surface area contributed by atoms with E-state index in [0.29, 0.717) is 44.6 Å². The van der Waals surface area contributed by atoms with E-state index in [9.17, 15) is 4.79 Å². The van der Waals surface area contributed by atoms with Crippen LogP contribution in [0.3, 0.4) is 0 Å². The number of amides is 1. The summed E-state index contributed by atoms with van der Waals surface area (Å²) < 4.78 is 11.4. The predicted molar refractivity (Wildman–Crippen MR) is 99.4 cm³/mol. The van der Waals surface area contributed by atoms with Crippen LogP contribution in [0.1, 0.15) is 38.5 Å². The Hall–Kier alpha value is -2.48. The van der Waals surface area contributed by atoms with Crippen LogP contribution in [0.2, 0.25) is 0 Å². The van der Waals surface area contributed by atoms with Crippen molar-refractivity contribution in [2.45, 2.75) is 38.7 Å². The number of carbonyl (C=O) groups excluding carboxylic acids is 1. The number of carbonyl (C=O) groups is 1. The van der Waals surface area contributed by atoms with Gasteiger partial charge in [0, 0.05) is 44.9 Å². The molecule has 1 unspecified atom stereocenters. The van der Waals surface area contributed by atoms with Crippen LogP contribution in [-0.4, -0.2) is 64.9 Å². The van der Waals surface area contributed by atoms with Crippen LogP contribution in [0.15, 0.2) is 22.7 Å². The number of piperazine rings is 1. The van der Waals surface area contributed by atoms with E-state index in [-0.39, 0.29) is 17.9 Å². The minimum absolute atomic E-state index is 0.117. The highest BCUT2D eigenvalue weighted by Gasteiger charge is 2.31. The largest absolute Gasteiger partial charge is 0.420 e. The maximum Gasteiger partial charge on any atom is 0.251 e. The second kappa shape index (κ2) is 7.64. The first kappa shape index (κ1) is 17.9. The van der Waals surface area contributed by atoms with E-state index < -0.39 is 0 Å². The van der Waals surface area contributed by atoms with Crippen molar-refractivity contribution in [1.82, 2.24) is 20.1 Å². The topological polar surface area (TPSA) is 84.6 Å². The number of rotatable bonds is 4. The van der Waals surface area contributed by atoms with E-state index in [1.165, 1.54) is 0 Å². The molecule has 1 amide bonds. The van der Waals surface area contributed by atoms with Gasteiger partial charge in [-0.1, -0.05) is 13.8 Å². The molecule has 0 aliphatic carbocycles. The van der Waals surface area contributed by atoms with Gasteiger partial charge in [0.05, 0.1) is 5.56 Å². The molecule has 8 heteroatoms. The molecule has 0 radical (unpaired) electrons. The molecule has 0 N–H and O–H groups in total. The third-order valence-corrected chi connectivity index (χ3v) is 5.05. The van der Waals surface area contributed by atoms with Crippen molar-refractivity contribution in [3.63, 3.8) is 0 Å². The molecular weight excluding hydrogens is 346 g/mol. The van der Waals surface area contributed by atoms with Crippen molar-refractivity contribution in [3.8, 4) is 11.5 Å². The Kier molecular flexibility index (Phi) is 5.07. The molecule has 4 heterocycles. The van der Waals surface area contributed by atoms with E-state index in [4.69, 9.17) is 9.15 Å². The molecule has 0 spiro atoms. The quantitative estimate of drug-likeness (QED) is 0.813. The third kappa shape index (κ3) is 3.66. The molecular formula is C19H25N5O3. The van der Waals surface area contributed by atoms with Gasteiger partial charge in [-0.15, -0.1) is 10.2 Å². The summed E-state index contributed by atoms with van der Waals surface area (Å²) in [6, 6.07) is 3.82. The predicted octanol–water partition coefficient (Wildman–Crippen LogP) is 2.08. The molecule has 0 saturated carbocycles. The zero-order valence-corrected chi connectivity index (χ0v) is 15.8. The number of pyridine rings is 1. The number of hydrogen-bond donors (Lipinski definition) is 0. The van der Waals surface area contributed by atoms with Gasteiger partial charge in [-0.05, 0) is 25.0 Å². The van der Waals surface area contributed by atoms with E-state index in [1.807, 2.05) is 30.9 Å². The number of aromatic nitrogens is 3. The van der Waals surface area contributed by atoms with Crippen molar-refractivity contribution in [2.24, 2.45) is 0 Å². The third-order valence-electron chi connectivity index (χ3n) is 5.05. The first-order valence-electron chi connectivity index (χ1n) is 9.57. The molecule has 2 aliphatic heterocycles. The lowest BCUT2D eigenvalue weighted by Crippen LogP contribution is -2.51. The molecule has 4 rings (SSSR count). The van der Waals surface area contributed by atoms with Gasteiger partial charge in [0.2, 0.25) is 5.89 Å². The zero-order chi connectivity index (χ0) is 18.8. The van der Waals surface area contributed by atoms with Gasteiger partial charge in [-0.3, -0.25) is 4.79 Å². The van der Waals surface area contributed by atoms with Crippen LogP contribution in [0.25, 0.3) is 11.5 Å². The highest BCUT2D eigenvalue weighted by Crippen LogP contribution is 2.30. The summed E-state index contributed by atoms with van der Waals surface area (Å²) in [5, 5.41) is 8.32. The van der Waals surface area contributed by atoms with Gasteiger partial charge in [0.25, 0.3) is 11.8 Å². The van der Waals surface area contributed by atoms with Gasteiger partial charge >= 0.3 is 0 Å². The summed E-state index contributed by atoms with van der Waals surface area (Å²) in [5.74, 6) is 2.22. The summed E-state index contributed by atoms with van der Waals surface area (Å²) in [7, 11) is 0. The monoisotopic (exact) mass is 371 g/mol. The van der Waals surface area contributed by atoms with Gasteiger partial charge in [-0.2, -0.15) is 0 Å². The van der Waals surface area contributed by atoms with Crippen molar-refractivity contribution in [2.75, 3.05) is 37.7 Å². The second-order valence-electron chi connectivity index (χ2n) is 7.29. The number of nitrogens with zero attached hydrogens (tertiary/aromatic N) is 5. The zero-order valence-electron chi connectivity index (χ0n) is 15.8. The Balaban J connectivity index is 1.47. The summed E-state index contributed by atoms with van der Waals surface area (Å²) in [6.45, 7) is 7.49. The van der Waals surface area contributed by atoms with E-state index in [0.717, 1.165) is 24.2 Å². The fourth-order valence-electron chi connectivity index (χ4n) is 3.51. The number of hydrogen-bond acceptors (Lipinski definition) is 7. The highest BCUT2D eigenvalue weighted by atomic mass is 16.5. The van der Waals surface area contributed by atoms with Gasteiger partial charge in [0.15, 0.2) is 0 Å². The molecule has 8 nitrogen and oxygen atoms in total. The molecule has 27 heavy (non-hydrogen) atoms. The van der Waals surface area contributed by atoms with E-state index in [2.05, 4.69) is 20.1 Å². The van der Waals surface area contributed by atoms with E-state index in [1.54, 1.807) is 6.20 Å². The lowest BCUT2D eigenvalue weighted by atomic mass is 10.2. The maximum atomic E-state index is 12.5. The van der Waals surface area contributed by atoms with Crippen molar-refractivity contribution in [3.05, 3.63) is 24.2 Å². The minimum Gasteiger partial charge on any atom is -0.420 e. The Morgan fingerprint density at radius 3 is 2.70 bits per heavy atom. The lowest BCUT2D eigenvalue weighted by Gasteiger charge is -2.36. The average Bonchev–Trinajstić information content (AvgIpc) is 3.40. The summed E-state index contributed by atoms with van der Waals surface area (Å²) in [5.41, 5.74) is 0.829. The lowest BCUT2D eigenvalue weighted by molar-refractivity contribution is -0.141. The fraction of sp³-hybridized carbons (Fsp3) is 0.579.